The second-order valence-electron chi connectivity index (χ2n) is 6.71. The molecule has 0 aliphatic carbocycles. The Balaban J connectivity index is 1.61. The molecular weight excluding hydrogens is 380 g/mol. The minimum absolute atomic E-state index is 0.116. The average Bonchev–Trinajstić information content (AvgIpc) is 3.00. The van der Waals surface area contributed by atoms with Crippen molar-refractivity contribution in [3.8, 4) is 0 Å². The SMILES string of the molecule is Cc1cc(=O)oc2cc(NC(=O)c3cccc(N4CCCS4(=O)=O)c3)ccc12. The molecule has 144 valence electrons. The Morgan fingerprint density at radius 2 is 1.96 bits per heavy atom. The van der Waals surface area contributed by atoms with Gasteiger partial charge in [0.05, 0.1) is 11.4 Å². The van der Waals surface area contributed by atoms with Gasteiger partial charge in [-0.05, 0) is 49.2 Å². The Morgan fingerprint density at radius 3 is 2.71 bits per heavy atom. The standard InChI is InChI=1S/C20H18N2O5S/c1-13-10-19(23)27-18-12-15(6-7-17(13)18)21-20(24)14-4-2-5-16(11-14)22-8-3-9-28(22,25)26/h2,4-7,10-12H,3,8-9H2,1H3,(H,21,24). The van der Waals surface area contributed by atoms with E-state index in [9.17, 15) is 18.0 Å². The minimum atomic E-state index is -3.31. The normalized spacial score (nSPS) is 15.7. The van der Waals surface area contributed by atoms with Crippen LogP contribution in [0.1, 0.15) is 22.3 Å². The lowest BCUT2D eigenvalue weighted by molar-refractivity contribution is 0.102. The third-order valence-electron chi connectivity index (χ3n) is 4.70. The Labute approximate surface area is 161 Å². The summed E-state index contributed by atoms with van der Waals surface area (Å²) in [4.78, 5) is 24.2. The van der Waals surface area contributed by atoms with E-state index in [4.69, 9.17) is 4.42 Å². The number of carbonyl (C=O) groups is 1. The maximum absolute atomic E-state index is 12.6. The van der Waals surface area contributed by atoms with Gasteiger partial charge in [-0.2, -0.15) is 0 Å². The summed E-state index contributed by atoms with van der Waals surface area (Å²) in [7, 11) is -3.31. The van der Waals surface area contributed by atoms with E-state index in [1.807, 2.05) is 6.92 Å². The summed E-state index contributed by atoms with van der Waals surface area (Å²) < 4.78 is 30.7. The van der Waals surface area contributed by atoms with Gasteiger partial charge in [0.15, 0.2) is 0 Å². The van der Waals surface area contributed by atoms with E-state index in [2.05, 4.69) is 5.32 Å². The maximum Gasteiger partial charge on any atom is 0.336 e. The van der Waals surface area contributed by atoms with Crippen molar-refractivity contribution in [2.24, 2.45) is 0 Å². The van der Waals surface area contributed by atoms with Gasteiger partial charge in [-0.25, -0.2) is 13.2 Å². The fraction of sp³-hybridized carbons (Fsp3) is 0.200. The predicted octanol–water partition coefficient (Wildman–Crippen LogP) is 2.89. The highest BCUT2D eigenvalue weighted by Gasteiger charge is 2.28. The lowest BCUT2D eigenvalue weighted by Crippen LogP contribution is -2.25. The van der Waals surface area contributed by atoms with E-state index < -0.39 is 15.6 Å². The number of rotatable bonds is 3. The van der Waals surface area contributed by atoms with Crippen molar-refractivity contribution in [2.75, 3.05) is 21.9 Å². The van der Waals surface area contributed by atoms with E-state index in [1.165, 1.54) is 10.4 Å². The van der Waals surface area contributed by atoms with E-state index in [0.29, 0.717) is 35.5 Å². The number of carbonyl (C=O) groups excluding carboxylic acids is 1. The molecule has 0 atom stereocenters. The number of aryl methyl sites for hydroxylation is 1. The summed E-state index contributed by atoms with van der Waals surface area (Å²) in [5.41, 5.74) is 2.03. The summed E-state index contributed by atoms with van der Waals surface area (Å²) >= 11 is 0. The molecule has 2 heterocycles. The molecule has 7 nitrogen and oxygen atoms in total. The molecule has 0 unspecified atom stereocenters. The van der Waals surface area contributed by atoms with Gasteiger partial charge in [0.25, 0.3) is 5.91 Å². The highest BCUT2D eigenvalue weighted by Crippen LogP contribution is 2.26. The average molecular weight is 398 g/mol. The monoisotopic (exact) mass is 398 g/mol. The molecule has 1 N–H and O–H groups in total. The molecule has 1 aliphatic rings. The summed E-state index contributed by atoms with van der Waals surface area (Å²) in [5, 5.41) is 3.55. The largest absolute Gasteiger partial charge is 0.423 e. The fourth-order valence-electron chi connectivity index (χ4n) is 3.34. The number of fused-ring (bicyclic) bond motifs is 1. The number of hydrogen-bond acceptors (Lipinski definition) is 5. The van der Waals surface area contributed by atoms with Crippen LogP contribution in [0.15, 0.2) is 57.7 Å². The first-order valence-corrected chi connectivity index (χ1v) is 10.4. The van der Waals surface area contributed by atoms with Crippen LogP contribution in [0.3, 0.4) is 0 Å². The molecule has 1 aromatic heterocycles. The summed E-state index contributed by atoms with van der Waals surface area (Å²) in [6.45, 7) is 2.23. The zero-order chi connectivity index (χ0) is 19.9. The summed E-state index contributed by atoms with van der Waals surface area (Å²) in [6, 6.07) is 13.0. The zero-order valence-electron chi connectivity index (χ0n) is 15.1. The van der Waals surface area contributed by atoms with Crippen LogP contribution in [-0.2, 0) is 10.0 Å². The number of nitrogens with zero attached hydrogens (tertiary/aromatic N) is 1. The van der Waals surface area contributed by atoms with Crippen molar-refractivity contribution in [3.05, 3.63) is 70.1 Å². The molecule has 1 saturated heterocycles. The topological polar surface area (TPSA) is 96.7 Å². The number of benzene rings is 2. The number of nitrogens with one attached hydrogen (secondary N) is 1. The molecule has 0 bridgehead atoms. The van der Waals surface area contributed by atoms with Gasteiger partial charge in [-0.3, -0.25) is 9.10 Å². The van der Waals surface area contributed by atoms with Gasteiger partial charge in [-0.1, -0.05) is 6.07 Å². The number of anilines is 2. The van der Waals surface area contributed by atoms with Crippen LogP contribution in [0.5, 0.6) is 0 Å². The van der Waals surface area contributed by atoms with Crippen molar-refractivity contribution in [1.82, 2.24) is 0 Å². The zero-order valence-corrected chi connectivity index (χ0v) is 16.0. The first-order chi connectivity index (χ1) is 13.3. The van der Waals surface area contributed by atoms with Crippen LogP contribution >= 0.6 is 0 Å². The Kier molecular flexibility index (Phi) is 4.43. The molecule has 8 heteroatoms. The Bertz CT molecular complexity index is 1250. The minimum Gasteiger partial charge on any atom is -0.423 e. The first kappa shape index (κ1) is 18.2. The molecule has 0 saturated carbocycles. The van der Waals surface area contributed by atoms with Gasteiger partial charge in [-0.15, -0.1) is 0 Å². The second kappa shape index (κ2) is 6.79. The number of sulfonamides is 1. The predicted molar refractivity (Wildman–Crippen MR) is 107 cm³/mol. The molecule has 2 aromatic carbocycles. The van der Waals surface area contributed by atoms with E-state index in [-0.39, 0.29) is 11.7 Å². The van der Waals surface area contributed by atoms with E-state index in [0.717, 1.165) is 10.9 Å². The number of hydrogen-bond donors (Lipinski definition) is 1. The van der Waals surface area contributed by atoms with Gasteiger partial charge >= 0.3 is 5.63 Å². The lowest BCUT2D eigenvalue weighted by atomic mass is 10.1. The molecule has 0 spiro atoms. The maximum atomic E-state index is 12.6. The molecule has 1 fully saturated rings. The van der Waals surface area contributed by atoms with Crippen LogP contribution in [-0.4, -0.2) is 26.6 Å². The van der Waals surface area contributed by atoms with Crippen molar-refractivity contribution in [3.63, 3.8) is 0 Å². The third kappa shape index (κ3) is 3.38. The van der Waals surface area contributed by atoms with Gasteiger partial charge < -0.3 is 9.73 Å². The van der Waals surface area contributed by atoms with Crippen LogP contribution in [0.4, 0.5) is 11.4 Å². The van der Waals surface area contributed by atoms with Crippen LogP contribution in [0, 0.1) is 6.92 Å². The van der Waals surface area contributed by atoms with Gasteiger partial charge in [0, 0.05) is 35.3 Å². The van der Waals surface area contributed by atoms with E-state index in [1.54, 1.807) is 42.5 Å². The second-order valence-corrected chi connectivity index (χ2v) is 8.72. The van der Waals surface area contributed by atoms with Crippen molar-refractivity contribution in [2.45, 2.75) is 13.3 Å². The summed E-state index contributed by atoms with van der Waals surface area (Å²) in [6.07, 6.45) is 0.570. The Hall–Kier alpha value is -3.13. The lowest BCUT2D eigenvalue weighted by Gasteiger charge is -2.17. The summed E-state index contributed by atoms with van der Waals surface area (Å²) in [5.74, 6) is -0.265. The fourth-order valence-corrected chi connectivity index (χ4v) is 4.89. The molecule has 3 aromatic rings. The van der Waals surface area contributed by atoms with Crippen LogP contribution in [0.25, 0.3) is 11.0 Å². The highest BCUT2D eigenvalue weighted by molar-refractivity contribution is 7.93. The third-order valence-corrected chi connectivity index (χ3v) is 6.57. The van der Waals surface area contributed by atoms with Crippen molar-refractivity contribution < 1.29 is 17.6 Å². The van der Waals surface area contributed by atoms with Crippen molar-refractivity contribution >= 4 is 38.3 Å². The highest BCUT2D eigenvalue weighted by atomic mass is 32.2. The van der Waals surface area contributed by atoms with Gasteiger partial charge in [0.2, 0.25) is 10.0 Å². The Morgan fingerprint density at radius 1 is 1.14 bits per heavy atom. The first-order valence-electron chi connectivity index (χ1n) is 8.80. The van der Waals surface area contributed by atoms with Crippen LogP contribution in [0.2, 0.25) is 0 Å². The quantitative estimate of drug-likeness (QED) is 0.685. The number of amides is 1. The van der Waals surface area contributed by atoms with Crippen LogP contribution < -0.4 is 15.2 Å². The smallest absolute Gasteiger partial charge is 0.336 e. The van der Waals surface area contributed by atoms with E-state index >= 15 is 0 Å². The molecule has 1 aliphatic heterocycles. The molecule has 0 radical (unpaired) electrons. The molecule has 28 heavy (non-hydrogen) atoms. The van der Waals surface area contributed by atoms with Crippen molar-refractivity contribution in [1.29, 1.82) is 0 Å². The molecule has 1 amide bonds. The molecule has 4 rings (SSSR count). The molecular formula is C20H18N2O5S. The van der Waals surface area contributed by atoms with Gasteiger partial charge in [0.1, 0.15) is 5.58 Å².